The summed E-state index contributed by atoms with van der Waals surface area (Å²) in [5, 5.41) is 5.69. The van der Waals surface area contributed by atoms with Crippen LogP contribution in [0.5, 0.6) is 5.75 Å². The van der Waals surface area contributed by atoms with E-state index in [2.05, 4.69) is 20.6 Å². The van der Waals surface area contributed by atoms with Crippen molar-refractivity contribution in [3.8, 4) is 5.75 Å². The van der Waals surface area contributed by atoms with Crippen LogP contribution in [-0.2, 0) is 6.42 Å². The minimum absolute atomic E-state index is 0.0964. The summed E-state index contributed by atoms with van der Waals surface area (Å²) < 4.78 is 33.0. The van der Waals surface area contributed by atoms with Gasteiger partial charge >= 0.3 is 0 Å². The van der Waals surface area contributed by atoms with Crippen LogP contribution in [0.3, 0.4) is 0 Å². The van der Waals surface area contributed by atoms with Gasteiger partial charge in [0.25, 0.3) is 5.91 Å². The summed E-state index contributed by atoms with van der Waals surface area (Å²) in [6, 6.07) is 6.24. The van der Waals surface area contributed by atoms with Gasteiger partial charge in [-0.05, 0) is 48.7 Å². The summed E-state index contributed by atoms with van der Waals surface area (Å²) in [6.45, 7) is 0. The second-order valence-electron chi connectivity index (χ2n) is 6.75. The Morgan fingerprint density at radius 3 is 2.60 bits per heavy atom. The monoisotopic (exact) mass is 430 g/mol. The first-order valence-electron chi connectivity index (χ1n) is 9.16. The van der Waals surface area contributed by atoms with Crippen LogP contribution in [0.15, 0.2) is 42.7 Å². The number of rotatable bonds is 5. The maximum Gasteiger partial charge on any atom is 0.255 e. The molecule has 0 aliphatic heterocycles. The van der Waals surface area contributed by atoms with E-state index in [0.29, 0.717) is 46.9 Å². The standard InChI is InChI=1S/C21H17ClF2N4O2/c1-30-12-9-25-21(26-10-12)28-18-7-4-13-14(3-6-17(24)19(13)18)20(29)27-11-2-5-16(23)15(22)8-11/h2-3,5-6,8-10,18H,4,7H2,1H3,(H,27,29)(H,25,26,28)/t18-/m0/s1. The minimum atomic E-state index is -0.577. The number of carbonyl (C=O) groups is 1. The van der Waals surface area contributed by atoms with Crippen molar-refractivity contribution in [2.45, 2.75) is 18.9 Å². The highest BCUT2D eigenvalue weighted by Crippen LogP contribution is 2.37. The molecule has 9 heteroatoms. The second-order valence-corrected chi connectivity index (χ2v) is 7.16. The van der Waals surface area contributed by atoms with Crippen molar-refractivity contribution in [2.75, 3.05) is 17.7 Å². The lowest BCUT2D eigenvalue weighted by molar-refractivity contribution is 0.102. The Morgan fingerprint density at radius 2 is 1.90 bits per heavy atom. The van der Waals surface area contributed by atoms with Crippen molar-refractivity contribution in [2.24, 2.45) is 0 Å². The fraction of sp³-hybridized carbons (Fsp3) is 0.190. The summed E-state index contributed by atoms with van der Waals surface area (Å²) in [4.78, 5) is 21.1. The highest BCUT2D eigenvalue weighted by atomic mass is 35.5. The highest BCUT2D eigenvalue weighted by molar-refractivity contribution is 6.31. The van der Waals surface area contributed by atoms with Crippen molar-refractivity contribution in [3.05, 3.63) is 76.1 Å². The Bertz CT molecular complexity index is 1110. The first kappa shape index (κ1) is 20.0. The molecule has 6 nitrogen and oxygen atoms in total. The van der Waals surface area contributed by atoms with Crippen LogP contribution in [0.2, 0.25) is 5.02 Å². The van der Waals surface area contributed by atoms with E-state index < -0.39 is 17.5 Å². The number of halogens is 3. The van der Waals surface area contributed by atoms with Crippen molar-refractivity contribution in [1.29, 1.82) is 0 Å². The summed E-state index contributed by atoms with van der Waals surface area (Å²) in [5.74, 6) is -0.556. The molecule has 0 spiro atoms. The number of benzene rings is 2. The van der Waals surface area contributed by atoms with Crippen LogP contribution >= 0.6 is 11.6 Å². The summed E-state index contributed by atoms with van der Waals surface area (Å²) in [5.41, 5.74) is 1.74. The van der Waals surface area contributed by atoms with E-state index in [-0.39, 0.29) is 11.1 Å². The van der Waals surface area contributed by atoms with Gasteiger partial charge < -0.3 is 15.4 Å². The number of fused-ring (bicyclic) bond motifs is 1. The number of amides is 1. The van der Waals surface area contributed by atoms with Gasteiger partial charge in [-0.1, -0.05) is 11.6 Å². The van der Waals surface area contributed by atoms with Crippen molar-refractivity contribution >= 4 is 29.1 Å². The summed E-state index contributed by atoms with van der Waals surface area (Å²) >= 11 is 5.77. The molecule has 0 radical (unpaired) electrons. The topological polar surface area (TPSA) is 76.1 Å². The Balaban J connectivity index is 1.58. The molecule has 1 heterocycles. The third kappa shape index (κ3) is 3.91. The maximum absolute atomic E-state index is 14.6. The fourth-order valence-corrected chi connectivity index (χ4v) is 3.68. The lowest BCUT2D eigenvalue weighted by atomic mass is 10.0. The fourth-order valence-electron chi connectivity index (χ4n) is 3.50. The zero-order valence-electron chi connectivity index (χ0n) is 15.9. The van der Waals surface area contributed by atoms with Crippen LogP contribution in [-0.4, -0.2) is 23.0 Å². The van der Waals surface area contributed by atoms with Gasteiger partial charge in [0.1, 0.15) is 11.6 Å². The van der Waals surface area contributed by atoms with E-state index in [1.165, 1.54) is 49.8 Å². The highest BCUT2D eigenvalue weighted by Gasteiger charge is 2.30. The SMILES string of the molecule is COc1cnc(N[C@H]2CCc3c(C(=O)Nc4ccc(F)c(Cl)c4)ccc(F)c32)nc1. The molecule has 2 aromatic carbocycles. The quantitative estimate of drug-likeness (QED) is 0.610. The van der Waals surface area contributed by atoms with Crippen LogP contribution in [0.1, 0.15) is 33.9 Å². The average molecular weight is 431 g/mol. The first-order valence-corrected chi connectivity index (χ1v) is 9.54. The zero-order valence-corrected chi connectivity index (χ0v) is 16.6. The molecule has 1 amide bonds. The molecule has 0 unspecified atom stereocenters. The molecule has 30 heavy (non-hydrogen) atoms. The largest absolute Gasteiger partial charge is 0.494 e. The zero-order chi connectivity index (χ0) is 21.3. The number of hydrogen-bond donors (Lipinski definition) is 2. The number of aromatic nitrogens is 2. The normalized spacial score (nSPS) is 14.9. The number of nitrogens with zero attached hydrogens (tertiary/aromatic N) is 2. The molecule has 0 saturated heterocycles. The predicted octanol–water partition coefficient (Wildman–Crippen LogP) is 4.77. The van der Waals surface area contributed by atoms with Crippen molar-refractivity contribution < 1.29 is 18.3 Å². The maximum atomic E-state index is 14.6. The van der Waals surface area contributed by atoms with E-state index in [4.69, 9.17) is 16.3 Å². The first-order chi connectivity index (χ1) is 14.5. The molecule has 0 fully saturated rings. The van der Waals surface area contributed by atoms with E-state index in [9.17, 15) is 13.6 Å². The lowest BCUT2D eigenvalue weighted by Crippen LogP contribution is -2.16. The average Bonchev–Trinajstić information content (AvgIpc) is 3.16. The van der Waals surface area contributed by atoms with Crippen LogP contribution in [0.25, 0.3) is 0 Å². The summed E-state index contributed by atoms with van der Waals surface area (Å²) in [6.07, 6.45) is 4.11. The van der Waals surface area contributed by atoms with Crippen molar-refractivity contribution in [1.82, 2.24) is 9.97 Å². The Labute approximate surface area is 176 Å². The molecule has 4 rings (SSSR count). The number of hydrogen-bond acceptors (Lipinski definition) is 5. The molecule has 1 aromatic heterocycles. The smallest absolute Gasteiger partial charge is 0.255 e. The molecule has 0 saturated carbocycles. The van der Waals surface area contributed by atoms with Gasteiger partial charge in [0, 0.05) is 16.8 Å². The Morgan fingerprint density at radius 1 is 1.17 bits per heavy atom. The molecule has 0 bridgehead atoms. The third-order valence-corrected chi connectivity index (χ3v) is 5.21. The van der Waals surface area contributed by atoms with E-state index in [1.54, 1.807) is 0 Å². The molecular formula is C21H17ClF2N4O2. The lowest BCUT2D eigenvalue weighted by Gasteiger charge is -2.16. The van der Waals surface area contributed by atoms with E-state index >= 15 is 0 Å². The molecule has 154 valence electrons. The van der Waals surface area contributed by atoms with Crippen molar-refractivity contribution in [3.63, 3.8) is 0 Å². The number of anilines is 2. The van der Waals surface area contributed by atoms with E-state index in [1.807, 2.05) is 0 Å². The number of ether oxygens (including phenoxy) is 1. The van der Waals surface area contributed by atoms with Gasteiger partial charge in [-0.15, -0.1) is 0 Å². The van der Waals surface area contributed by atoms with Crippen LogP contribution < -0.4 is 15.4 Å². The molecular weight excluding hydrogens is 414 g/mol. The Hall–Kier alpha value is -3.26. The van der Waals surface area contributed by atoms with E-state index in [0.717, 1.165) is 0 Å². The molecule has 2 N–H and O–H groups in total. The van der Waals surface area contributed by atoms with Gasteiger partial charge in [-0.3, -0.25) is 4.79 Å². The van der Waals surface area contributed by atoms with Gasteiger partial charge in [0.05, 0.1) is 30.6 Å². The van der Waals surface area contributed by atoms with Gasteiger partial charge in [-0.25, -0.2) is 18.7 Å². The number of methoxy groups -OCH3 is 1. The van der Waals surface area contributed by atoms with Gasteiger partial charge in [0.15, 0.2) is 5.75 Å². The second kappa shape index (κ2) is 8.23. The van der Waals surface area contributed by atoms with Crippen LogP contribution in [0.4, 0.5) is 20.4 Å². The summed E-state index contributed by atoms with van der Waals surface area (Å²) in [7, 11) is 1.51. The molecule has 1 aliphatic rings. The number of nitrogens with one attached hydrogen (secondary N) is 2. The Kier molecular flexibility index (Phi) is 5.50. The van der Waals surface area contributed by atoms with Crippen LogP contribution in [0, 0.1) is 11.6 Å². The molecule has 1 aliphatic carbocycles. The molecule has 3 aromatic rings. The number of carbonyl (C=O) groups excluding carboxylic acids is 1. The van der Waals surface area contributed by atoms with Gasteiger partial charge in [0.2, 0.25) is 5.95 Å². The third-order valence-electron chi connectivity index (χ3n) is 4.92. The van der Waals surface area contributed by atoms with Gasteiger partial charge in [-0.2, -0.15) is 0 Å². The molecule has 1 atom stereocenters. The minimum Gasteiger partial charge on any atom is -0.494 e. The predicted molar refractivity (Wildman–Crippen MR) is 109 cm³/mol.